The van der Waals surface area contributed by atoms with Crippen LogP contribution in [0.1, 0.15) is 43.0 Å². The van der Waals surface area contributed by atoms with E-state index < -0.39 is 5.82 Å². The fraction of sp³-hybridized carbons (Fsp3) is 0.562. The van der Waals surface area contributed by atoms with Crippen molar-refractivity contribution in [3.63, 3.8) is 0 Å². The number of nitrogens with zero attached hydrogens (tertiary/aromatic N) is 1. The summed E-state index contributed by atoms with van der Waals surface area (Å²) in [6.45, 7) is 4.34. The van der Waals surface area contributed by atoms with Crippen LogP contribution in [0.15, 0.2) is 22.7 Å². The van der Waals surface area contributed by atoms with Crippen LogP contribution < -0.4 is 5.32 Å². The molecular formula is C16H22BrFN2O. The van der Waals surface area contributed by atoms with E-state index in [9.17, 15) is 9.18 Å². The molecule has 1 saturated heterocycles. The molecule has 1 aromatic carbocycles. The molecule has 1 atom stereocenters. The van der Waals surface area contributed by atoms with Crippen LogP contribution in [-0.2, 0) is 0 Å². The van der Waals surface area contributed by atoms with Gasteiger partial charge in [0.05, 0.1) is 10.0 Å². The average Bonchev–Trinajstić information content (AvgIpc) is 2.50. The van der Waals surface area contributed by atoms with Crippen LogP contribution in [0.5, 0.6) is 0 Å². The van der Waals surface area contributed by atoms with Crippen LogP contribution in [0.3, 0.4) is 0 Å². The average molecular weight is 357 g/mol. The van der Waals surface area contributed by atoms with Crippen LogP contribution in [0.25, 0.3) is 0 Å². The van der Waals surface area contributed by atoms with Gasteiger partial charge in [0, 0.05) is 19.1 Å². The molecule has 0 aromatic heterocycles. The number of piperidine rings is 1. The van der Waals surface area contributed by atoms with Crippen LogP contribution in [0, 0.1) is 5.82 Å². The van der Waals surface area contributed by atoms with Crippen molar-refractivity contribution in [2.75, 3.05) is 19.6 Å². The number of rotatable bonds is 5. The number of carbonyl (C=O) groups is 1. The lowest BCUT2D eigenvalue weighted by Crippen LogP contribution is -2.46. The molecule has 0 radical (unpaired) electrons. The Kier molecular flexibility index (Phi) is 6.18. The number of amides is 1. The smallest absolute Gasteiger partial charge is 0.256 e. The highest BCUT2D eigenvalue weighted by Crippen LogP contribution is 2.20. The van der Waals surface area contributed by atoms with Gasteiger partial charge in [0.2, 0.25) is 0 Å². The number of benzene rings is 1. The predicted molar refractivity (Wildman–Crippen MR) is 85.9 cm³/mol. The molecule has 21 heavy (non-hydrogen) atoms. The Morgan fingerprint density at radius 2 is 2.29 bits per heavy atom. The highest BCUT2D eigenvalue weighted by Gasteiger charge is 2.23. The summed E-state index contributed by atoms with van der Waals surface area (Å²) in [5.41, 5.74) is 0.147. The summed E-state index contributed by atoms with van der Waals surface area (Å²) >= 11 is 3.14. The molecule has 3 nitrogen and oxygen atoms in total. The van der Waals surface area contributed by atoms with E-state index in [1.54, 1.807) is 23.1 Å². The van der Waals surface area contributed by atoms with Crippen LogP contribution in [-0.4, -0.2) is 36.5 Å². The van der Waals surface area contributed by atoms with E-state index in [1.165, 1.54) is 12.8 Å². The first-order valence-corrected chi connectivity index (χ1v) is 8.39. The fourth-order valence-corrected chi connectivity index (χ4v) is 3.10. The third-order valence-electron chi connectivity index (χ3n) is 3.82. The second kappa shape index (κ2) is 7.90. The summed E-state index contributed by atoms with van der Waals surface area (Å²) in [6, 6.07) is 5.19. The molecular weight excluding hydrogens is 335 g/mol. The van der Waals surface area contributed by atoms with Gasteiger partial charge in [-0.15, -0.1) is 0 Å². The minimum absolute atomic E-state index is 0.147. The lowest BCUT2D eigenvalue weighted by Gasteiger charge is -2.30. The SMILES string of the molecule is CCCN(CC1CCCCN1)C(=O)c1cccc(Br)c1F. The third kappa shape index (κ3) is 4.27. The maximum atomic E-state index is 14.1. The van der Waals surface area contributed by atoms with Crippen molar-refractivity contribution in [3.8, 4) is 0 Å². The standard InChI is InChI=1S/C16H22BrFN2O/c1-2-10-20(11-12-6-3-4-9-19-12)16(21)13-7-5-8-14(17)15(13)18/h5,7-8,12,19H,2-4,6,9-11H2,1H3. The number of hydrogen-bond acceptors (Lipinski definition) is 2. The molecule has 0 spiro atoms. The fourth-order valence-electron chi connectivity index (χ4n) is 2.73. The largest absolute Gasteiger partial charge is 0.337 e. The second-order valence-electron chi connectivity index (χ2n) is 5.50. The van der Waals surface area contributed by atoms with E-state index in [-0.39, 0.29) is 11.5 Å². The molecule has 1 unspecified atom stereocenters. The number of halogens is 2. The van der Waals surface area contributed by atoms with Crippen LogP contribution in [0.2, 0.25) is 0 Å². The third-order valence-corrected chi connectivity index (χ3v) is 4.43. The van der Waals surface area contributed by atoms with Gasteiger partial charge in [0.15, 0.2) is 0 Å². The summed E-state index contributed by atoms with van der Waals surface area (Å²) in [4.78, 5) is 14.4. The first kappa shape index (κ1) is 16.4. The minimum atomic E-state index is -0.472. The van der Waals surface area contributed by atoms with Crippen LogP contribution >= 0.6 is 15.9 Å². The van der Waals surface area contributed by atoms with Gasteiger partial charge in [0.25, 0.3) is 5.91 Å². The quantitative estimate of drug-likeness (QED) is 0.874. The van der Waals surface area contributed by atoms with E-state index in [0.717, 1.165) is 19.4 Å². The molecule has 1 amide bonds. The van der Waals surface area contributed by atoms with Gasteiger partial charge in [-0.1, -0.05) is 19.4 Å². The zero-order valence-corrected chi connectivity index (χ0v) is 14.0. The molecule has 1 N–H and O–H groups in total. The van der Waals surface area contributed by atoms with Gasteiger partial charge in [-0.2, -0.15) is 0 Å². The Bertz CT molecular complexity index is 489. The zero-order chi connectivity index (χ0) is 15.2. The second-order valence-corrected chi connectivity index (χ2v) is 6.35. The molecule has 0 bridgehead atoms. The van der Waals surface area contributed by atoms with Gasteiger partial charge in [-0.05, 0) is 53.9 Å². The monoisotopic (exact) mass is 356 g/mol. The summed E-state index contributed by atoms with van der Waals surface area (Å²) < 4.78 is 14.5. The Labute approximate surface area is 134 Å². The lowest BCUT2D eigenvalue weighted by atomic mass is 10.0. The molecule has 116 valence electrons. The van der Waals surface area contributed by atoms with E-state index in [2.05, 4.69) is 21.2 Å². The normalized spacial score (nSPS) is 18.5. The number of carbonyl (C=O) groups excluding carboxylic acids is 1. The Morgan fingerprint density at radius 3 is 2.95 bits per heavy atom. The summed E-state index contributed by atoms with van der Waals surface area (Å²) in [6.07, 6.45) is 4.33. The molecule has 2 rings (SSSR count). The zero-order valence-electron chi connectivity index (χ0n) is 12.4. The van der Waals surface area contributed by atoms with Crippen LogP contribution in [0.4, 0.5) is 4.39 Å². The van der Waals surface area contributed by atoms with E-state index >= 15 is 0 Å². The number of hydrogen-bond donors (Lipinski definition) is 1. The maximum absolute atomic E-state index is 14.1. The van der Waals surface area contributed by atoms with Crippen molar-refractivity contribution in [2.24, 2.45) is 0 Å². The molecule has 1 fully saturated rings. The first-order chi connectivity index (χ1) is 10.1. The highest BCUT2D eigenvalue weighted by atomic mass is 79.9. The van der Waals surface area contributed by atoms with E-state index in [4.69, 9.17) is 0 Å². The molecule has 0 saturated carbocycles. The maximum Gasteiger partial charge on any atom is 0.256 e. The van der Waals surface area contributed by atoms with Crippen molar-refractivity contribution in [3.05, 3.63) is 34.1 Å². The van der Waals surface area contributed by atoms with Crippen molar-refractivity contribution < 1.29 is 9.18 Å². The van der Waals surface area contributed by atoms with Crippen molar-refractivity contribution in [1.29, 1.82) is 0 Å². The van der Waals surface area contributed by atoms with Crippen molar-refractivity contribution in [1.82, 2.24) is 10.2 Å². The van der Waals surface area contributed by atoms with Gasteiger partial charge in [-0.3, -0.25) is 4.79 Å². The van der Waals surface area contributed by atoms with Gasteiger partial charge >= 0.3 is 0 Å². The van der Waals surface area contributed by atoms with Gasteiger partial charge in [0.1, 0.15) is 5.82 Å². The topological polar surface area (TPSA) is 32.3 Å². The predicted octanol–water partition coefficient (Wildman–Crippen LogP) is 3.58. The van der Waals surface area contributed by atoms with E-state index in [0.29, 0.717) is 23.6 Å². The lowest BCUT2D eigenvalue weighted by molar-refractivity contribution is 0.0727. The minimum Gasteiger partial charge on any atom is -0.337 e. The number of nitrogens with one attached hydrogen (secondary N) is 1. The van der Waals surface area contributed by atoms with Gasteiger partial charge < -0.3 is 10.2 Å². The van der Waals surface area contributed by atoms with Crippen molar-refractivity contribution in [2.45, 2.75) is 38.6 Å². The molecule has 0 aliphatic carbocycles. The van der Waals surface area contributed by atoms with Gasteiger partial charge in [-0.25, -0.2) is 4.39 Å². The Hall–Kier alpha value is -0.940. The summed E-state index contributed by atoms with van der Waals surface area (Å²) in [5, 5.41) is 3.44. The highest BCUT2D eigenvalue weighted by molar-refractivity contribution is 9.10. The van der Waals surface area contributed by atoms with E-state index in [1.807, 2.05) is 6.92 Å². The first-order valence-electron chi connectivity index (χ1n) is 7.60. The summed E-state index contributed by atoms with van der Waals surface area (Å²) in [5.74, 6) is -0.691. The molecule has 1 heterocycles. The Morgan fingerprint density at radius 1 is 1.48 bits per heavy atom. The summed E-state index contributed by atoms with van der Waals surface area (Å²) in [7, 11) is 0. The Balaban J connectivity index is 2.12. The van der Waals surface area contributed by atoms with Crippen molar-refractivity contribution >= 4 is 21.8 Å². The molecule has 1 aliphatic rings. The molecule has 1 aromatic rings. The molecule has 1 aliphatic heterocycles. The molecule has 5 heteroatoms.